The Bertz CT molecular complexity index is 245. The van der Waals surface area contributed by atoms with Gasteiger partial charge in [-0.3, -0.25) is 4.98 Å². The maximum Gasteiger partial charge on any atom is 0.123 e. The van der Waals surface area contributed by atoms with Crippen molar-refractivity contribution in [3.05, 3.63) is 30.1 Å². The minimum Gasteiger partial charge on any atom is -0.322 e. The lowest BCUT2D eigenvalue weighted by molar-refractivity contribution is 1.25. The van der Waals surface area contributed by atoms with E-state index in [2.05, 4.69) is 10.1 Å². The van der Waals surface area contributed by atoms with Crippen molar-refractivity contribution in [2.75, 3.05) is 6.26 Å². The maximum atomic E-state index is 5.16. The lowest BCUT2D eigenvalue weighted by atomic mass is 10.3. The molecule has 58 valence electrons. The second-order valence-corrected chi connectivity index (χ2v) is 2.67. The predicted octanol–water partition coefficient (Wildman–Crippen LogP) is 1.06. The summed E-state index contributed by atoms with van der Waals surface area (Å²) in [6, 6.07) is 3.75. The topological polar surface area (TPSA) is 51.3 Å². The van der Waals surface area contributed by atoms with Crippen molar-refractivity contribution < 1.29 is 0 Å². The first-order chi connectivity index (χ1) is 5.38. The SMILES string of the molecule is CSC(=NN)c1ccncc1. The van der Waals surface area contributed by atoms with Crippen LogP contribution in [0.25, 0.3) is 0 Å². The highest BCUT2D eigenvalue weighted by Crippen LogP contribution is 2.07. The van der Waals surface area contributed by atoms with Crippen molar-refractivity contribution in [3.63, 3.8) is 0 Å². The lowest BCUT2D eigenvalue weighted by Crippen LogP contribution is -1.98. The first-order valence-corrected chi connectivity index (χ1v) is 4.33. The van der Waals surface area contributed by atoms with Crippen LogP contribution in [0.15, 0.2) is 29.6 Å². The molecule has 0 saturated carbocycles. The lowest BCUT2D eigenvalue weighted by Gasteiger charge is -1.98. The van der Waals surface area contributed by atoms with Crippen LogP contribution in [-0.2, 0) is 0 Å². The van der Waals surface area contributed by atoms with Gasteiger partial charge in [0.2, 0.25) is 0 Å². The number of thioether (sulfide) groups is 1. The molecule has 0 spiro atoms. The van der Waals surface area contributed by atoms with Gasteiger partial charge in [-0.1, -0.05) is 0 Å². The van der Waals surface area contributed by atoms with Gasteiger partial charge in [-0.15, -0.1) is 11.8 Å². The van der Waals surface area contributed by atoms with Crippen molar-refractivity contribution in [1.29, 1.82) is 0 Å². The summed E-state index contributed by atoms with van der Waals surface area (Å²) >= 11 is 1.52. The van der Waals surface area contributed by atoms with E-state index in [0.29, 0.717) is 0 Å². The van der Waals surface area contributed by atoms with Gasteiger partial charge >= 0.3 is 0 Å². The van der Waals surface area contributed by atoms with Gasteiger partial charge in [-0.05, 0) is 18.4 Å². The monoisotopic (exact) mass is 167 g/mol. The van der Waals surface area contributed by atoms with E-state index in [0.717, 1.165) is 10.6 Å². The zero-order valence-electron chi connectivity index (χ0n) is 6.19. The summed E-state index contributed by atoms with van der Waals surface area (Å²) in [7, 11) is 0. The van der Waals surface area contributed by atoms with E-state index in [4.69, 9.17) is 5.84 Å². The average molecular weight is 167 g/mol. The normalized spacial score (nSPS) is 11.5. The molecule has 0 fully saturated rings. The van der Waals surface area contributed by atoms with Gasteiger partial charge in [-0.25, -0.2) is 0 Å². The fourth-order valence-corrected chi connectivity index (χ4v) is 1.22. The van der Waals surface area contributed by atoms with Gasteiger partial charge in [0.15, 0.2) is 0 Å². The quantitative estimate of drug-likeness (QED) is 0.294. The van der Waals surface area contributed by atoms with E-state index in [-0.39, 0.29) is 0 Å². The molecule has 1 aromatic heterocycles. The Kier molecular flexibility index (Phi) is 2.92. The van der Waals surface area contributed by atoms with Gasteiger partial charge in [-0.2, -0.15) is 5.10 Å². The molecule has 1 aromatic rings. The van der Waals surface area contributed by atoms with Gasteiger partial charge in [0.25, 0.3) is 0 Å². The molecule has 0 aliphatic rings. The van der Waals surface area contributed by atoms with Crippen LogP contribution < -0.4 is 5.84 Å². The Hall–Kier alpha value is -1.03. The average Bonchev–Trinajstić information content (AvgIpc) is 2.09. The molecule has 0 aliphatic carbocycles. The molecule has 0 radical (unpaired) electrons. The van der Waals surface area contributed by atoms with Crippen molar-refractivity contribution >= 4 is 16.8 Å². The minimum absolute atomic E-state index is 0.826. The van der Waals surface area contributed by atoms with Gasteiger partial charge in [0.05, 0.1) is 0 Å². The number of nitrogens with zero attached hydrogens (tertiary/aromatic N) is 2. The second-order valence-electron chi connectivity index (χ2n) is 1.87. The van der Waals surface area contributed by atoms with E-state index in [1.165, 1.54) is 11.8 Å². The van der Waals surface area contributed by atoms with Crippen LogP contribution in [0.4, 0.5) is 0 Å². The Balaban J connectivity index is 2.92. The minimum atomic E-state index is 0.826. The summed E-state index contributed by atoms with van der Waals surface area (Å²) in [6.07, 6.45) is 5.37. The van der Waals surface area contributed by atoms with Crippen molar-refractivity contribution in [3.8, 4) is 0 Å². The van der Waals surface area contributed by atoms with E-state index in [1.807, 2.05) is 18.4 Å². The number of aromatic nitrogens is 1. The molecule has 0 unspecified atom stereocenters. The molecule has 3 nitrogen and oxygen atoms in total. The third kappa shape index (κ3) is 1.94. The van der Waals surface area contributed by atoms with E-state index < -0.39 is 0 Å². The van der Waals surface area contributed by atoms with E-state index in [1.54, 1.807) is 12.4 Å². The molecule has 1 rings (SSSR count). The molecule has 11 heavy (non-hydrogen) atoms. The molecule has 0 atom stereocenters. The summed E-state index contributed by atoms with van der Waals surface area (Å²) in [5.74, 6) is 5.16. The molecule has 0 bridgehead atoms. The predicted molar refractivity (Wildman–Crippen MR) is 48.5 cm³/mol. The Labute approximate surface area is 69.7 Å². The summed E-state index contributed by atoms with van der Waals surface area (Å²) in [5.41, 5.74) is 1.01. The highest BCUT2D eigenvalue weighted by molar-refractivity contribution is 8.13. The highest BCUT2D eigenvalue weighted by atomic mass is 32.2. The molecule has 0 aliphatic heterocycles. The highest BCUT2D eigenvalue weighted by Gasteiger charge is 1.98. The van der Waals surface area contributed by atoms with Gasteiger partial charge < -0.3 is 5.84 Å². The first kappa shape index (κ1) is 8.07. The second kappa shape index (κ2) is 3.98. The molecule has 2 N–H and O–H groups in total. The van der Waals surface area contributed by atoms with Crippen LogP contribution in [0.3, 0.4) is 0 Å². The van der Waals surface area contributed by atoms with Crippen LogP contribution in [0.1, 0.15) is 5.56 Å². The fourth-order valence-electron chi connectivity index (χ4n) is 0.740. The molecular formula is C7H9N3S. The van der Waals surface area contributed by atoms with Crippen LogP contribution in [-0.4, -0.2) is 16.3 Å². The molecule has 4 heteroatoms. The van der Waals surface area contributed by atoms with Crippen molar-refractivity contribution in [2.24, 2.45) is 10.9 Å². The summed E-state index contributed by atoms with van der Waals surface area (Å²) < 4.78 is 0. The first-order valence-electron chi connectivity index (χ1n) is 3.10. The smallest absolute Gasteiger partial charge is 0.123 e. The number of hydrogen-bond acceptors (Lipinski definition) is 4. The molecule has 1 heterocycles. The summed E-state index contributed by atoms with van der Waals surface area (Å²) in [4.78, 5) is 3.89. The Morgan fingerprint density at radius 3 is 2.64 bits per heavy atom. The Morgan fingerprint density at radius 2 is 2.18 bits per heavy atom. The fraction of sp³-hybridized carbons (Fsp3) is 0.143. The molecular weight excluding hydrogens is 158 g/mol. The molecule has 0 amide bonds. The van der Waals surface area contributed by atoms with E-state index in [9.17, 15) is 0 Å². The van der Waals surface area contributed by atoms with Crippen LogP contribution in [0.2, 0.25) is 0 Å². The number of rotatable bonds is 1. The van der Waals surface area contributed by atoms with Gasteiger partial charge in [0.1, 0.15) is 5.04 Å². The maximum absolute atomic E-state index is 5.16. The standard InChI is InChI=1S/C7H9N3S/c1-11-7(10-8)6-2-4-9-5-3-6/h2-5H,8H2,1H3. The van der Waals surface area contributed by atoms with Crippen LogP contribution >= 0.6 is 11.8 Å². The molecule has 0 saturated heterocycles. The summed E-state index contributed by atoms with van der Waals surface area (Å²) in [5, 5.41) is 4.45. The third-order valence-electron chi connectivity index (χ3n) is 1.24. The largest absolute Gasteiger partial charge is 0.322 e. The van der Waals surface area contributed by atoms with Crippen molar-refractivity contribution in [1.82, 2.24) is 4.98 Å². The number of hydrazone groups is 1. The number of pyridine rings is 1. The zero-order chi connectivity index (χ0) is 8.10. The number of nitrogens with two attached hydrogens (primary N) is 1. The van der Waals surface area contributed by atoms with Crippen LogP contribution in [0, 0.1) is 0 Å². The Morgan fingerprint density at radius 1 is 1.55 bits per heavy atom. The van der Waals surface area contributed by atoms with E-state index >= 15 is 0 Å². The van der Waals surface area contributed by atoms with Crippen LogP contribution in [0.5, 0.6) is 0 Å². The number of hydrogen-bond donors (Lipinski definition) is 1. The summed E-state index contributed by atoms with van der Waals surface area (Å²) in [6.45, 7) is 0. The third-order valence-corrected chi connectivity index (χ3v) is 1.97. The van der Waals surface area contributed by atoms with Gasteiger partial charge in [0, 0.05) is 18.0 Å². The van der Waals surface area contributed by atoms with Crippen molar-refractivity contribution in [2.45, 2.75) is 0 Å². The zero-order valence-corrected chi connectivity index (χ0v) is 7.01. The molecule has 0 aromatic carbocycles.